The van der Waals surface area contributed by atoms with Gasteiger partial charge in [0.15, 0.2) is 0 Å². The van der Waals surface area contributed by atoms with E-state index in [2.05, 4.69) is 29.3 Å². The van der Waals surface area contributed by atoms with E-state index in [0.29, 0.717) is 11.9 Å². The molecule has 1 heterocycles. The van der Waals surface area contributed by atoms with E-state index < -0.39 is 0 Å². The maximum atomic E-state index is 12.9. The Balaban J connectivity index is 1.71. The third kappa shape index (κ3) is 4.20. The second-order valence-corrected chi connectivity index (χ2v) is 7.06. The minimum absolute atomic E-state index is 0.0569. The average molecular weight is 357 g/mol. The standard InChI is InChI=1S/C19H27N5O2/c1-14(2)24(16-9-5-4-6-10-16)18(25)13-23-21-19(20-22-23)15-8-7-11-17(12-15)26-3/h7-8,11-12,14,16H,4-6,9-10,13H2,1-3H3. The third-order valence-corrected chi connectivity index (χ3v) is 4.87. The van der Waals surface area contributed by atoms with Gasteiger partial charge in [-0.3, -0.25) is 4.79 Å². The SMILES string of the molecule is COc1cccc(-c2nnn(CC(=O)N(C(C)C)C3CCCCC3)n2)c1. The number of carbonyl (C=O) groups is 1. The minimum atomic E-state index is 0.0569. The van der Waals surface area contributed by atoms with Crippen molar-refractivity contribution in [2.24, 2.45) is 0 Å². The number of ether oxygens (including phenoxy) is 1. The summed E-state index contributed by atoms with van der Waals surface area (Å²) in [7, 11) is 1.62. The second-order valence-electron chi connectivity index (χ2n) is 7.06. The Bertz CT molecular complexity index is 737. The number of rotatable bonds is 6. The lowest BCUT2D eigenvalue weighted by atomic mass is 9.93. The molecule has 2 aromatic rings. The molecule has 0 radical (unpaired) electrons. The average Bonchev–Trinajstić information content (AvgIpc) is 3.11. The molecule has 0 N–H and O–H groups in total. The summed E-state index contributed by atoms with van der Waals surface area (Å²) in [5.74, 6) is 1.28. The van der Waals surface area contributed by atoms with Crippen LogP contribution in [0.2, 0.25) is 0 Å². The van der Waals surface area contributed by atoms with Gasteiger partial charge in [0.25, 0.3) is 0 Å². The number of hydrogen-bond donors (Lipinski definition) is 0. The van der Waals surface area contributed by atoms with E-state index in [0.717, 1.165) is 24.2 Å². The second kappa shape index (κ2) is 8.29. The zero-order valence-electron chi connectivity index (χ0n) is 15.8. The van der Waals surface area contributed by atoms with E-state index in [1.54, 1.807) is 7.11 Å². The first-order valence-electron chi connectivity index (χ1n) is 9.32. The van der Waals surface area contributed by atoms with Crippen molar-refractivity contribution in [3.05, 3.63) is 24.3 Å². The molecule has 26 heavy (non-hydrogen) atoms. The molecule has 1 amide bonds. The number of hydrogen-bond acceptors (Lipinski definition) is 5. The van der Waals surface area contributed by atoms with Crippen molar-refractivity contribution in [2.45, 2.75) is 64.6 Å². The van der Waals surface area contributed by atoms with E-state index in [1.807, 2.05) is 29.2 Å². The highest BCUT2D eigenvalue weighted by Gasteiger charge is 2.28. The molecule has 0 spiro atoms. The van der Waals surface area contributed by atoms with E-state index in [-0.39, 0.29) is 18.5 Å². The summed E-state index contributed by atoms with van der Waals surface area (Å²) in [5.41, 5.74) is 0.816. The molecule has 1 aromatic heterocycles. The van der Waals surface area contributed by atoms with Gasteiger partial charge in [0.05, 0.1) is 7.11 Å². The van der Waals surface area contributed by atoms with Crippen LogP contribution in [0.3, 0.4) is 0 Å². The quantitative estimate of drug-likeness (QED) is 0.795. The number of amides is 1. The summed E-state index contributed by atoms with van der Waals surface area (Å²) in [6.07, 6.45) is 5.84. The van der Waals surface area contributed by atoms with Crippen LogP contribution < -0.4 is 4.74 Å². The summed E-state index contributed by atoms with van der Waals surface area (Å²) in [4.78, 5) is 16.3. The Kier molecular flexibility index (Phi) is 5.85. The van der Waals surface area contributed by atoms with Crippen molar-refractivity contribution in [1.82, 2.24) is 25.1 Å². The fourth-order valence-corrected chi connectivity index (χ4v) is 3.66. The van der Waals surface area contributed by atoms with Gasteiger partial charge in [-0.05, 0) is 44.0 Å². The Hall–Kier alpha value is -2.44. The van der Waals surface area contributed by atoms with Crippen molar-refractivity contribution in [3.63, 3.8) is 0 Å². The summed E-state index contributed by atoms with van der Waals surface area (Å²) >= 11 is 0. The van der Waals surface area contributed by atoms with Crippen LogP contribution in [0.25, 0.3) is 11.4 Å². The first-order chi connectivity index (χ1) is 12.6. The van der Waals surface area contributed by atoms with Crippen molar-refractivity contribution in [1.29, 1.82) is 0 Å². The predicted octanol–water partition coefficient (Wildman–Crippen LogP) is 2.92. The van der Waals surface area contributed by atoms with Crippen LogP contribution in [0.5, 0.6) is 5.75 Å². The number of tetrazole rings is 1. The molecule has 7 nitrogen and oxygen atoms in total. The van der Waals surface area contributed by atoms with Crippen molar-refractivity contribution < 1.29 is 9.53 Å². The van der Waals surface area contributed by atoms with Crippen LogP contribution in [0.1, 0.15) is 46.0 Å². The molecule has 7 heteroatoms. The summed E-state index contributed by atoms with van der Waals surface area (Å²) in [6.45, 7) is 4.26. The monoisotopic (exact) mass is 357 g/mol. The highest BCUT2D eigenvalue weighted by molar-refractivity contribution is 5.76. The lowest BCUT2D eigenvalue weighted by Crippen LogP contribution is -2.47. The van der Waals surface area contributed by atoms with Gasteiger partial charge in [0.2, 0.25) is 11.7 Å². The third-order valence-electron chi connectivity index (χ3n) is 4.87. The van der Waals surface area contributed by atoms with Crippen LogP contribution in [-0.4, -0.2) is 50.2 Å². The van der Waals surface area contributed by atoms with Crippen LogP contribution in [0.4, 0.5) is 0 Å². The zero-order valence-corrected chi connectivity index (χ0v) is 15.8. The maximum Gasteiger partial charge on any atom is 0.246 e. The number of methoxy groups -OCH3 is 1. The Morgan fingerprint density at radius 3 is 2.77 bits per heavy atom. The highest BCUT2D eigenvalue weighted by atomic mass is 16.5. The highest BCUT2D eigenvalue weighted by Crippen LogP contribution is 2.25. The Morgan fingerprint density at radius 1 is 1.31 bits per heavy atom. The van der Waals surface area contributed by atoms with Crippen LogP contribution >= 0.6 is 0 Å². The molecule has 0 saturated heterocycles. The van der Waals surface area contributed by atoms with Crippen molar-refractivity contribution >= 4 is 5.91 Å². The molecular formula is C19H27N5O2. The molecule has 1 fully saturated rings. The summed E-state index contributed by atoms with van der Waals surface area (Å²) < 4.78 is 5.23. The fraction of sp³-hybridized carbons (Fsp3) is 0.579. The van der Waals surface area contributed by atoms with E-state index in [1.165, 1.54) is 24.1 Å². The molecule has 1 aliphatic rings. The van der Waals surface area contributed by atoms with Crippen molar-refractivity contribution in [3.8, 4) is 17.1 Å². The fourth-order valence-electron chi connectivity index (χ4n) is 3.66. The number of nitrogens with zero attached hydrogens (tertiary/aromatic N) is 5. The molecule has 0 bridgehead atoms. The molecular weight excluding hydrogens is 330 g/mol. The summed E-state index contributed by atoms with van der Waals surface area (Å²) in [6, 6.07) is 8.00. The molecule has 140 valence electrons. The summed E-state index contributed by atoms with van der Waals surface area (Å²) in [5, 5.41) is 12.5. The lowest BCUT2D eigenvalue weighted by molar-refractivity contribution is -0.137. The van der Waals surface area contributed by atoms with Gasteiger partial charge in [-0.15, -0.1) is 10.2 Å². The van der Waals surface area contributed by atoms with Crippen LogP contribution in [0, 0.1) is 0 Å². The van der Waals surface area contributed by atoms with Crippen molar-refractivity contribution in [2.75, 3.05) is 7.11 Å². The molecule has 0 atom stereocenters. The Morgan fingerprint density at radius 2 is 2.08 bits per heavy atom. The van der Waals surface area contributed by atoms with Gasteiger partial charge < -0.3 is 9.64 Å². The van der Waals surface area contributed by atoms with E-state index >= 15 is 0 Å². The number of carbonyl (C=O) groups excluding carboxylic acids is 1. The topological polar surface area (TPSA) is 73.1 Å². The Labute approximate surface area is 154 Å². The van der Waals surface area contributed by atoms with Gasteiger partial charge in [-0.2, -0.15) is 4.80 Å². The van der Waals surface area contributed by atoms with Crippen LogP contribution in [0.15, 0.2) is 24.3 Å². The smallest absolute Gasteiger partial charge is 0.246 e. The van der Waals surface area contributed by atoms with E-state index in [4.69, 9.17) is 4.74 Å². The van der Waals surface area contributed by atoms with Gasteiger partial charge in [-0.1, -0.05) is 31.4 Å². The van der Waals surface area contributed by atoms with Gasteiger partial charge >= 0.3 is 0 Å². The molecule has 3 rings (SSSR count). The van der Waals surface area contributed by atoms with Gasteiger partial charge in [0.1, 0.15) is 12.3 Å². The molecule has 0 aliphatic heterocycles. The first-order valence-corrected chi connectivity index (χ1v) is 9.32. The van der Waals surface area contributed by atoms with Gasteiger partial charge in [0, 0.05) is 17.6 Å². The zero-order chi connectivity index (χ0) is 18.5. The largest absolute Gasteiger partial charge is 0.497 e. The van der Waals surface area contributed by atoms with Crippen LogP contribution in [-0.2, 0) is 11.3 Å². The van der Waals surface area contributed by atoms with Gasteiger partial charge in [-0.25, -0.2) is 0 Å². The number of benzene rings is 1. The molecule has 1 saturated carbocycles. The van der Waals surface area contributed by atoms with E-state index in [9.17, 15) is 4.79 Å². The maximum absolute atomic E-state index is 12.9. The molecule has 1 aliphatic carbocycles. The molecule has 1 aromatic carbocycles. The molecule has 0 unspecified atom stereocenters. The lowest BCUT2D eigenvalue weighted by Gasteiger charge is -2.37. The first kappa shape index (κ1) is 18.4. The number of aromatic nitrogens is 4. The minimum Gasteiger partial charge on any atom is -0.497 e. The normalized spacial score (nSPS) is 15.2. The predicted molar refractivity (Wildman–Crippen MR) is 98.7 cm³/mol.